The third kappa shape index (κ3) is 1.52. The van der Waals surface area contributed by atoms with E-state index in [0.717, 1.165) is 5.39 Å². The summed E-state index contributed by atoms with van der Waals surface area (Å²) in [5.41, 5.74) is 0.854. The van der Waals surface area contributed by atoms with Crippen molar-refractivity contribution in [2.75, 3.05) is 6.61 Å². The van der Waals surface area contributed by atoms with Crippen LogP contribution in [-0.4, -0.2) is 23.4 Å². The minimum atomic E-state index is -0.489. The number of ether oxygens (including phenoxy) is 1. The van der Waals surface area contributed by atoms with Crippen LogP contribution in [0, 0.1) is 0 Å². The van der Waals surface area contributed by atoms with Crippen LogP contribution < -0.4 is 10.6 Å². The zero-order valence-corrected chi connectivity index (χ0v) is 10.3. The zero-order chi connectivity index (χ0) is 13.6. The van der Waals surface area contributed by atoms with Gasteiger partial charge in [-0.2, -0.15) is 0 Å². The fourth-order valence-electron chi connectivity index (χ4n) is 2.37. The lowest BCUT2D eigenvalue weighted by Crippen LogP contribution is -2.45. The molecule has 3 rings (SSSR count). The van der Waals surface area contributed by atoms with Crippen LogP contribution in [0.5, 0.6) is 5.75 Å². The van der Waals surface area contributed by atoms with Crippen molar-refractivity contribution in [3.05, 3.63) is 41.5 Å². The van der Waals surface area contributed by atoms with E-state index in [2.05, 4.69) is 0 Å². The van der Waals surface area contributed by atoms with Crippen LogP contribution in [-0.2, 0) is 0 Å². The average molecular weight is 256 g/mol. The molecule has 0 atom stereocenters. The number of benzene rings is 2. The maximum absolute atomic E-state index is 12.0. The van der Waals surface area contributed by atoms with E-state index in [1.165, 1.54) is 0 Å². The van der Waals surface area contributed by atoms with E-state index in [4.69, 9.17) is 10.6 Å². The number of imide groups is 1. The van der Waals surface area contributed by atoms with Gasteiger partial charge in [-0.25, -0.2) is 10.9 Å². The minimum Gasteiger partial charge on any atom is -0.493 e. The summed E-state index contributed by atoms with van der Waals surface area (Å²) < 4.78 is 5.53. The number of hydrogen-bond donors (Lipinski definition) is 1. The van der Waals surface area contributed by atoms with E-state index in [0.29, 0.717) is 33.9 Å². The van der Waals surface area contributed by atoms with E-state index >= 15 is 0 Å². The predicted octanol–water partition coefficient (Wildman–Crippen LogP) is 1.71. The third-order valence-electron chi connectivity index (χ3n) is 3.20. The molecular weight excluding hydrogens is 244 g/mol. The summed E-state index contributed by atoms with van der Waals surface area (Å²) in [6, 6.07) is 8.62. The normalized spacial score (nSPS) is 14.1. The largest absolute Gasteiger partial charge is 0.493 e. The van der Waals surface area contributed by atoms with Crippen LogP contribution >= 0.6 is 0 Å². The van der Waals surface area contributed by atoms with Gasteiger partial charge in [0.05, 0.1) is 17.7 Å². The van der Waals surface area contributed by atoms with Gasteiger partial charge < -0.3 is 4.74 Å². The molecule has 2 aromatic rings. The van der Waals surface area contributed by atoms with E-state index in [9.17, 15) is 9.59 Å². The first kappa shape index (κ1) is 11.7. The molecule has 2 amide bonds. The second kappa shape index (κ2) is 4.07. The van der Waals surface area contributed by atoms with Gasteiger partial charge in [0.15, 0.2) is 0 Å². The van der Waals surface area contributed by atoms with Gasteiger partial charge in [0.25, 0.3) is 11.8 Å². The molecule has 5 nitrogen and oxygen atoms in total. The van der Waals surface area contributed by atoms with Gasteiger partial charge in [-0.3, -0.25) is 9.59 Å². The van der Waals surface area contributed by atoms with E-state index in [1.54, 1.807) is 24.3 Å². The van der Waals surface area contributed by atoms with Crippen LogP contribution in [0.15, 0.2) is 30.3 Å². The van der Waals surface area contributed by atoms with Crippen molar-refractivity contribution < 1.29 is 14.3 Å². The average Bonchev–Trinajstić information content (AvgIpc) is 2.44. The number of hydrogen-bond acceptors (Lipinski definition) is 4. The Labute approximate surface area is 109 Å². The highest BCUT2D eigenvalue weighted by Gasteiger charge is 2.31. The Kier molecular flexibility index (Phi) is 2.50. The van der Waals surface area contributed by atoms with E-state index in [-0.39, 0.29) is 0 Å². The van der Waals surface area contributed by atoms with Crippen LogP contribution in [0.4, 0.5) is 0 Å². The smallest absolute Gasteiger partial charge is 0.275 e. The van der Waals surface area contributed by atoms with Gasteiger partial charge in [-0.1, -0.05) is 12.1 Å². The van der Waals surface area contributed by atoms with Crippen molar-refractivity contribution in [3.8, 4) is 5.75 Å². The van der Waals surface area contributed by atoms with Crippen molar-refractivity contribution in [3.63, 3.8) is 0 Å². The molecular formula is C14H12N2O3. The fraction of sp³-hybridized carbons (Fsp3) is 0.143. The molecule has 1 heterocycles. The molecule has 19 heavy (non-hydrogen) atoms. The second-order valence-electron chi connectivity index (χ2n) is 4.25. The monoisotopic (exact) mass is 256 g/mol. The van der Waals surface area contributed by atoms with Crippen LogP contribution in [0.1, 0.15) is 27.6 Å². The minimum absolute atomic E-state index is 0.427. The Balaban J connectivity index is 2.40. The van der Waals surface area contributed by atoms with Crippen molar-refractivity contribution >= 4 is 22.6 Å². The van der Waals surface area contributed by atoms with Crippen molar-refractivity contribution in [1.82, 2.24) is 5.01 Å². The molecule has 2 aromatic carbocycles. The lowest BCUT2D eigenvalue weighted by molar-refractivity contribution is 0.0610. The highest BCUT2D eigenvalue weighted by molar-refractivity contribution is 6.25. The maximum Gasteiger partial charge on any atom is 0.275 e. The number of amides is 2. The molecule has 96 valence electrons. The summed E-state index contributed by atoms with van der Waals surface area (Å²) >= 11 is 0. The molecule has 0 radical (unpaired) electrons. The summed E-state index contributed by atoms with van der Waals surface area (Å²) in [7, 11) is 0. The topological polar surface area (TPSA) is 72.6 Å². The van der Waals surface area contributed by atoms with E-state index in [1.807, 2.05) is 13.0 Å². The fourth-order valence-corrected chi connectivity index (χ4v) is 2.37. The van der Waals surface area contributed by atoms with Gasteiger partial charge in [-0.05, 0) is 25.1 Å². The molecule has 0 spiro atoms. The Morgan fingerprint density at radius 3 is 2.47 bits per heavy atom. The van der Waals surface area contributed by atoms with Gasteiger partial charge in [0, 0.05) is 10.8 Å². The maximum atomic E-state index is 12.0. The molecule has 0 saturated carbocycles. The highest BCUT2D eigenvalue weighted by Crippen LogP contribution is 2.34. The standard InChI is InChI=1S/C14H12N2O3/c1-2-19-11-7-6-10-12-8(11)4-3-5-9(12)13(17)16(15)14(10)18/h3-7H,2,15H2,1H3. The summed E-state index contributed by atoms with van der Waals surface area (Å²) in [6.45, 7) is 2.40. The molecule has 2 N–H and O–H groups in total. The van der Waals surface area contributed by atoms with Crippen LogP contribution in [0.25, 0.3) is 10.8 Å². The molecule has 0 saturated heterocycles. The SMILES string of the molecule is CCOc1ccc2c3c(cccc13)C(=O)N(N)C2=O. The van der Waals surface area contributed by atoms with Gasteiger partial charge >= 0.3 is 0 Å². The Hall–Kier alpha value is -2.40. The quantitative estimate of drug-likeness (QED) is 0.504. The van der Waals surface area contributed by atoms with E-state index < -0.39 is 11.8 Å². The van der Waals surface area contributed by atoms with Gasteiger partial charge in [0.2, 0.25) is 0 Å². The number of rotatable bonds is 2. The van der Waals surface area contributed by atoms with Crippen molar-refractivity contribution in [1.29, 1.82) is 0 Å². The Bertz CT molecular complexity index is 687. The number of nitrogens with two attached hydrogens (primary N) is 1. The first-order valence-corrected chi connectivity index (χ1v) is 5.97. The number of hydrazine groups is 1. The molecule has 0 aliphatic carbocycles. The lowest BCUT2D eigenvalue weighted by Gasteiger charge is -2.23. The third-order valence-corrected chi connectivity index (χ3v) is 3.20. The summed E-state index contributed by atoms with van der Waals surface area (Å²) in [5, 5.41) is 2.02. The lowest BCUT2D eigenvalue weighted by atomic mass is 9.94. The molecule has 0 aromatic heterocycles. The summed E-state index contributed by atoms with van der Waals surface area (Å²) in [4.78, 5) is 24.0. The highest BCUT2D eigenvalue weighted by atomic mass is 16.5. The predicted molar refractivity (Wildman–Crippen MR) is 69.8 cm³/mol. The first-order valence-electron chi connectivity index (χ1n) is 5.97. The first-order chi connectivity index (χ1) is 9.15. The molecule has 0 unspecified atom stereocenters. The molecule has 0 bridgehead atoms. The zero-order valence-electron chi connectivity index (χ0n) is 10.3. The molecule has 1 aliphatic heterocycles. The number of carbonyl (C=O) groups is 2. The van der Waals surface area contributed by atoms with Crippen molar-refractivity contribution in [2.24, 2.45) is 5.84 Å². The summed E-state index contributed by atoms with van der Waals surface area (Å²) in [5.74, 6) is 5.19. The number of nitrogens with zero attached hydrogens (tertiary/aromatic N) is 1. The van der Waals surface area contributed by atoms with Crippen molar-refractivity contribution in [2.45, 2.75) is 6.92 Å². The number of carbonyl (C=O) groups excluding carboxylic acids is 2. The molecule has 1 aliphatic rings. The second-order valence-corrected chi connectivity index (χ2v) is 4.25. The Morgan fingerprint density at radius 2 is 1.79 bits per heavy atom. The Morgan fingerprint density at radius 1 is 1.11 bits per heavy atom. The van der Waals surface area contributed by atoms with Crippen LogP contribution in [0.3, 0.4) is 0 Å². The molecule has 5 heteroatoms. The molecule has 0 fully saturated rings. The van der Waals surface area contributed by atoms with Gasteiger partial charge in [0.1, 0.15) is 5.75 Å². The van der Waals surface area contributed by atoms with Crippen LogP contribution in [0.2, 0.25) is 0 Å². The van der Waals surface area contributed by atoms with Gasteiger partial charge in [-0.15, -0.1) is 0 Å². The summed E-state index contributed by atoms with van der Waals surface area (Å²) in [6.07, 6.45) is 0.